The normalized spacial score (nSPS) is 11.1. The highest BCUT2D eigenvalue weighted by Crippen LogP contribution is 2.26. The van der Waals surface area contributed by atoms with Crippen LogP contribution < -0.4 is 10.1 Å². The van der Waals surface area contributed by atoms with Crippen molar-refractivity contribution in [3.63, 3.8) is 0 Å². The third kappa shape index (κ3) is 8.26. The van der Waals surface area contributed by atoms with Crippen LogP contribution in [0.5, 0.6) is 5.75 Å². The fourth-order valence-corrected chi connectivity index (χ4v) is 3.70. The van der Waals surface area contributed by atoms with Crippen LogP contribution in [-0.2, 0) is 35.5 Å². The minimum Gasteiger partial charge on any atom is -0.489 e. The zero-order chi connectivity index (χ0) is 25.3. The molecule has 0 saturated carbocycles. The quantitative estimate of drug-likeness (QED) is 0.392. The molecule has 0 saturated heterocycles. The van der Waals surface area contributed by atoms with Crippen LogP contribution in [-0.4, -0.2) is 29.7 Å². The molecule has 1 amide bonds. The monoisotopic (exact) mass is 475 g/mol. The zero-order valence-corrected chi connectivity index (χ0v) is 20.5. The molecule has 0 spiro atoms. The van der Waals surface area contributed by atoms with Gasteiger partial charge in [0.25, 0.3) is 0 Å². The maximum absolute atomic E-state index is 12.0. The van der Waals surface area contributed by atoms with Crippen molar-refractivity contribution < 1.29 is 24.2 Å². The van der Waals surface area contributed by atoms with Crippen LogP contribution in [0.2, 0.25) is 0 Å². The topological polar surface area (TPSA) is 84.9 Å². The van der Waals surface area contributed by atoms with Gasteiger partial charge in [-0.1, -0.05) is 48.5 Å². The summed E-state index contributed by atoms with van der Waals surface area (Å²) in [6, 6.07) is 21.6. The van der Waals surface area contributed by atoms with E-state index in [1.165, 1.54) is 0 Å². The molecule has 0 aromatic heterocycles. The number of aliphatic hydroxyl groups is 1. The van der Waals surface area contributed by atoms with Gasteiger partial charge in [-0.2, -0.15) is 0 Å². The van der Waals surface area contributed by atoms with Crippen LogP contribution in [0.1, 0.15) is 43.0 Å². The minimum absolute atomic E-state index is 0.0474. The molecular weight excluding hydrogens is 442 g/mol. The number of ether oxygens (including phenoxy) is 2. The number of benzene rings is 3. The molecule has 6 heteroatoms. The molecule has 0 fully saturated rings. The number of nitrogens with one attached hydrogen (secondary N) is 1. The van der Waals surface area contributed by atoms with Crippen molar-refractivity contribution in [2.75, 3.05) is 6.61 Å². The van der Waals surface area contributed by atoms with Gasteiger partial charge in [0.05, 0.1) is 0 Å². The number of amides is 1. The highest BCUT2D eigenvalue weighted by atomic mass is 16.6. The Bertz CT molecular complexity index is 1150. The van der Waals surface area contributed by atoms with Crippen molar-refractivity contribution in [1.82, 2.24) is 5.32 Å². The molecule has 35 heavy (non-hydrogen) atoms. The lowest BCUT2D eigenvalue weighted by molar-refractivity contribution is -0.107. The van der Waals surface area contributed by atoms with Crippen LogP contribution in [0.4, 0.5) is 4.79 Å². The Morgan fingerprint density at radius 1 is 0.943 bits per heavy atom. The van der Waals surface area contributed by atoms with Crippen LogP contribution >= 0.6 is 0 Å². The molecule has 0 aliphatic carbocycles. The SMILES string of the molecule is CC(C)(C)OC(=O)NCc1cccc(-c2cc(CCO)cc(COc3ccccc3CC=O)c2)c1. The van der Waals surface area contributed by atoms with Gasteiger partial charge in [0.15, 0.2) is 0 Å². The molecule has 0 heterocycles. The van der Waals surface area contributed by atoms with E-state index in [1.807, 2.05) is 75.4 Å². The average Bonchev–Trinajstić information content (AvgIpc) is 2.82. The van der Waals surface area contributed by atoms with Crippen LogP contribution in [0.15, 0.2) is 66.7 Å². The molecule has 3 aromatic rings. The molecule has 3 rings (SSSR count). The Balaban J connectivity index is 1.79. The van der Waals surface area contributed by atoms with Crippen LogP contribution in [0, 0.1) is 0 Å². The molecule has 0 bridgehead atoms. The summed E-state index contributed by atoms with van der Waals surface area (Å²) in [5.41, 5.74) is 5.20. The Kier molecular flexibility index (Phi) is 9.04. The molecule has 0 atom stereocenters. The molecule has 2 N–H and O–H groups in total. The average molecular weight is 476 g/mol. The fraction of sp³-hybridized carbons (Fsp3) is 0.310. The second kappa shape index (κ2) is 12.2. The van der Waals surface area contributed by atoms with Gasteiger partial charge in [0.2, 0.25) is 0 Å². The van der Waals surface area contributed by atoms with E-state index in [2.05, 4.69) is 17.4 Å². The largest absolute Gasteiger partial charge is 0.489 e. The lowest BCUT2D eigenvalue weighted by atomic mass is 9.97. The predicted molar refractivity (Wildman–Crippen MR) is 136 cm³/mol. The minimum atomic E-state index is -0.550. The number of hydrogen-bond acceptors (Lipinski definition) is 5. The number of carbonyl (C=O) groups excluding carboxylic acids is 2. The molecule has 3 aromatic carbocycles. The van der Waals surface area contributed by atoms with Gasteiger partial charge < -0.3 is 24.7 Å². The second-order valence-electron chi connectivity index (χ2n) is 9.33. The van der Waals surface area contributed by atoms with Crippen molar-refractivity contribution in [1.29, 1.82) is 0 Å². The highest BCUT2D eigenvalue weighted by molar-refractivity contribution is 5.69. The number of rotatable bonds is 10. The number of carbonyl (C=O) groups is 2. The first-order chi connectivity index (χ1) is 16.8. The van der Waals surface area contributed by atoms with E-state index >= 15 is 0 Å². The molecule has 184 valence electrons. The van der Waals surface area contributed by atoms with E-state index in [0.29, 0.717) is 31.7 Å². The third-order valence-corrected chi connectivity index (χ3v) is 5.22. The van der Waals surface area contributed by atoms with Gasteiger partial charge in [-0.05, 0) is 73.2 Å². The summed E-state index contributed by atoms with van der Waals surface area (Å²) in [5, 5.41) is 12.3. The van der Waals surface area contributed by atoms with Crippen LogP contribution in [0.3, 0.4) is 0 Å². The lowest BCUT2D eigenvalue weighted by Crippen LogP contribution is -2.32. The molecule has 0 unspecified atom stereocenters. The smallest absolute Gasteiger partial charge is 0.407 e. The summed E-state index contributed by atoms with van der Waals surface area (Å²) in [6.07, 6.45) is 1.24. The van der Waals surface area contributed by atoms with Crippen molar-refractivity contribution in [2.24, 2.45) is 0 Å². The number of hydrogen-bond donors (Lipinski definition) is 2. The van der Waals surface area contributed by atoms with E-state index in [0.717, 1.165) is 39.7 Å². The molecule has 0 radical (unpaired) electrons. The summed E-state index contributed by atoms with van der Waals surface area (Å²) in [6.45, 7) is 6.22. The van der Waals surface area contributed by atoms with Crippen molar-refractivity contribution >= 4 is 12.4 Å². The molecular formula is C29H33NO5. The summed E-state index contributed by atoms with van der Waals surface area (Å²) in [5.74, 6) is 0.684. The first-order valence-electron chi connectivity index (χ1n) is 11.7. The Morgan fingerprint density at radius 2 is 1.69 bits per heavy atom. The summed E-state index contributed by atoms with van der Waals surface area (Å²) in [7, 11) is 0. The summed E-state index contributed by atoms with van der Waals surface area (Å²) >= 11 is 0. The first kappa shape index (κ1) is 26.0. The standard InChI is InChI=1S/C29H33NO5/c1-29(2,3)35-28(33)30-19-22-7-6-9-25(17-22)26-16-21(11-13-31)15-23(18-26)20-34-27-10-5-4-8-24(27)12-14-32/h4-10,14-18,31H,11-13,19-20H2,1-3H3,(H,30,33). The number of aldehydes is 1. The zero-order valence-electron chi connectivity index (χ0n) is 20.5. The Hall–Kier alpha value is -3.64. The predicted octanol–water partition coefficient (Wildman–Crippen LogP) is 5.23. The van der Waals surface area contributed by atoms with Gasteiger partial charge in [-0.25, -0.2) is 4.79 Å². The van der Waals surface area contributed by atoms with Gasteiger partial charge in [-0.3, -0.25) is 0 Å². The molecule has 6 nitrogen and oxygen atoms in total. The van der Waals surface area contributed by atoms with Crippen LogP contribution in [0.25, 0.3) is 11.1 Å². The van der Waals surface area contributed by atoms with E-state index in [-0.39, 0.29) is 6.61 Å². The van der Waals surface area contributed by atoms with E-state index in [1.54, 1.807) is 0 Å². The maximum atomic E-state index is 12.0. The van der Waals surface area contributed by atoms with Crippen molar-refractivity contribution in [3.05, 3.63) is 89.0 Å². The van der Waals surface area contributed by atoms with Gasteiger partial charge in [0, 0.05) is 25.1 Å². The maximum Gasteiger partial charge on any atom is 0.407 e. The van der Waals surface area contributed by atoms with Gasteiger partial charge >= 0.3 is 6.09 Å². The van der Waals surface area contributed by atoms with Crippen molar-refractivity contribution in [2.45, 2.75) is 52.4 Å². The summed E-state index contributed by atoms with van der Waals surface area (Å²) < 4.78 is 11.4. The Labute approximate surface area is 206 Å². The molecule has 0 aliphatic rings. The van der Waals surface area contributed by atoms with Gasteiger partial charge in [0.1, 0.15) is 24.2 Å². The van der Waals surface area contributed by atoms with E-state index in [9.17, 15) is 14.7 Å². The number of aliphatic hydroxyl groups excluding tert-OH is 1. The summed E-state index contributed by atoms with van der Waals surface area (Å²) in [4.78, 5) is 23.0. The second-order valence-corrected chi connectivity index (χ2v) is 9.33. The number of para-hydroxylation sites is 1. The first-order valence-corrected chi connectivity index (χ1v) is 11.7. The number of alkyl carbamates (subject to hydrolysis) is 1. The molecule has 0 aliphatic heterocycles. The highest BCUT2D eigenvalue weighted by Gasteiger charge is 2.15. The van der Waals surface area contributed by atoms with E-state index in [4.69, 9.17) is 9.47 Å². The fourth-order valence-electron chi connectivity index (χ4n) is 3.70. The lowest BCUT2D eigenvalue weighted by Gasteiger charge is -2.19. The Morgan fingerprint density at radius 3 is 2.43 bits per heavy atom. The van der Waals surface area contributed by atoms with Crippen molar-refractivity contribution in [3.8, 4) is 16.9 Å². The van der Waals surface area contributed by atoms with E-state index < -0.39 is 11.7 Å². The van der Waals surface area contributed by atoms with Gasteiger partial charge in [-0.15, -0.1) is 0 Å². The third-order valence-electron chi connectivity index (χ3n) is 5.22.